The van der Waals surface area contributed by atoms with Crippen LogP contribution in [0.4, 0.5) is 0 Å². The first kappa shape index (κ1) is 11.4. The summed E-state index contributed by atoms with van der Waals surface area (Å²) >= 11 is 0. The van der Waals surface area contributed by atoms with E-state index in [2.05, 4.69) is 39.6 Å². The molecule has 3 nitrogen and oxygen atoms in total. The van der Waals surface area contributed by atoms with Crippen LogP contribution in [0.15, 0.2) is 42.7 Å². The number of nitrogens with zero attached hydrogens (tertiary/aromatic N) is 2. The molecule has 1 heterocycles. The van der Waals surface area contributed by atoms with Crippen molar-refractivity contribution in [2.45, 2.75) is 31.8 Å². The third kappa shape index (κ3) is 2.57. The lowest BCUT2D eigenvalue weighted by atomic mass is 9.88. The van der Waals surface area contributed by atoms with Crippen LogP contribution < -0.4 is 5.32 Å². The lowest BCUT2D eigenvalue weighted by molar-refractivity contribution is 0.451. The van der Waals surface area contributed by atoms with E-state index in [1.807, 2.05) is 6.07 Å². The van der Waals surface area contributed by atoms with Crippen LogP contribution in [0.5, 0.6) is 0 Å². The second-order valence-corrected chi connectivity index (χ2v) is 4.75. The minimum Gasteiger partial charge on any atom is -0.307 e. The van der Waals surface area contributed by atoms with Crippen LogP contribution in [0.3, 0.4) is 0 Å². The zero-order chi connectivity index (χ0) is 12.2. The molecule has 1 unspecified atom stereocenters. The number of aromatic nitrogens is 2. The second kappa shape index (κ2) is 5.27. The molecule has 1 aromatic carbocycles. The van der Waals surface area contributed by atoms with Gasteiger partial charge in [-0.15, -0.1) is 0 Å². The molecule has 92 valence electrons. The summed E-state index contributed by atoms with van der Waals surface area (Å²) in [7, 11) is 0. The van der Waals surface area contributed by atoms with Gasteiger partial charge >= 0.3 is 0 Å². The highest BCUT2D eigenvalue weighted by Gasteiger charge is 2.17. The van der Waals surface area contributed by atoms with Crippen molar-refractivity contribution in [1.82, 2.24) is 15.3 Å². The molecule has 2 aromatic rings. The molecule has 0 saturated carbocycles. The summed E-state index contributed by atoms with van der Waals surface area (Å²) in [6.07, 6.45) is 7.07. The van der Waals surface area contributed by atoms with E-state index in [1.54, 1.807) is 12.4 Å². The van der Waals surface area contributed by atoms with Crippen LogP contribution in [0.1, 0.15) is 23.4 Å². The normalized spacial score (nSPS) is 18.3. The molecule has 0 fully saturated rings. The van der Waals surface area contributed by atoms with Gasteiger partial charge in [-0.2, -0.15) is 0 Å². The molecule has 0 saturated heterocycles. The minimum absolute atomic E-state index is 0.545. The SMILES string of the molecule is c1cnc(CNC2CCc3ccccc3C2)nc1. The molecule has 1 aromatic heterocycles. The van der Waals surface area contributed by atoms with Crippen LogP contribution in [0, 0.1) is 0 Å². The average Bonchev–Trinajstić information content (AvgIpc) is 2.46. The maximum absolute atomic E-state index is 4.23. The van der Waals surface area contributed by atoms with Crippen molar-refractivity contribution in [1.29, 1.82) is 0 Å². The molecule has 0 bridgehead atoms. The van der Waals surface area contributed by atoms with Gasteiger partial charge in [-0.05, 0) is 36.5 Å². The third-order valence-electron chi connectivity index (χ3n) is 3.51. The maximum Gasteiger partial charge on any atom is 0.141 e. The highest BCUT2D eigenvalue weighted by atomic mass is 15.0. The molecule has 1 N–H and O–H groups in total. The first-order chi connectivity index (χ1) is 8.92. The van der Waals surface area contributed by atoms with E-state index in [9.17, 15) is 0 Å². The maximum atomic E-state index is 4.23. The Morgan fingerprint density at radius 2 is 1.83 bits per heavy atom. The van der Waals surface area contributed by atoms with E-state index >= 15 is 0 Å². The van der Waals surface area contributed by atoms with E-state index in [1.165, 1.54) is 24.0 Å². The fourth-order valence-electron chi connectivity index (χ4n) is 2.53. The van der Waals surface area contributed by atoms with Gasteiger partial charge in [0.2, 0.25) is 0 Å². The Labute approximate surface area is 107 Å². The van der Waals surface area contributed by atoms with Gasteiger partial charge in [0, 0.05) is 18.4 Å². The molecule has 3 rings (SSSR count). The summed E-state index contributed by atoms with van der Waals surface area (Å²) < 4.78 is 0. The molecular formula is C15H17N3. The monoisotopic (exact) mass is 239 g/mol. The molecule has 1 atom stereocenters. The summed E-state index contributed by atoms with van der Waals surface area (Å²) in [5.74, 6) is 0.872. The van der Waals surface area contributed by atoms with Gasteiger partial charge in [0.25, 0.3) is 0 Å². The predicted octanol–water partition coefficient (Wildman–Crippen LogP) is 2.12. The standard InChI is InChI=1S/C15H17N3/c1-2-5-13-10-14(7-6-12(13)4-1)18-11-15-16-8-3-9-17-15/h1-5,8-9,14,18H,6-7,10-11H2. The van der Waals surface area contributed by atoms with Crippen molar-refractivity contribution in [2.75, 3.05) is 0 Å². The van der Waals surface area contributed by atoms with Crippen molar-refractivity contribution in [3.63, 3.8) is 0 Å². The van der Waals surface area contributed by atoms with Gasteiger partial charge in [-0.3, -0.25) is 0 Å². The Morgan fingerprint density at radius 1 is 1.06 bits per heavy atom. The van der Waals surface area contributed by atoms with E-state index in [0.29, 0.717) is 6.04 Å². The van der Waals surface area contributed by atoms with Gasteiger partial charge < -0.3 is 5.32 Å². The Morgan fingerprint density at radius 3 is 2.67 bits per heavy atom. The highest BCUT2D eigenvalue weighted by molar-refractivity contribution is 5.30. The molecule has 18 heavy (non-hydrogen) atoms. The summed E-state index contributed by atoms with van der Waals surface area (Å²) in [5.41, 5.74) is 2.99. The van der Waals surface area contributed by atoms with E-state index in [4.69, 9.17) is 0 Å². The quantitative estimate of drug-likeness (QED) is 0.891. The smallest absolute Gasteiger partial charge is 0.141 e. The number of nitrogens with one attached hydrogen (secondary N) is 1. The van der Waals surface area contributed by atoms with Crippen molar-refractivity contribution in [3.05, 3.63) is 59.7 Å². The molecule has 0 aliphatic heterocycles. The van der Waals surface area contributed by atoms with Gasteiger partial charge in [0.1, 0.15) is 5.82 Å². The summed E-state index contributed by atoms with van der Waals surface area (Å²) in [6.45, 7) is 0.758. The number of benzene rings is 1. The van der Waals surface area contributed by atoms with E-state index < -0.39 is 0 Å². The summed E-state index contributed by atoms with van der Waals surface area (Å²) in [6, 6.07) is 11.1. The summed E-state index contributed by atoms with van der Waals surface area (Å²) in [5, 5.41) is 3.55. The largest absolute Gasteiger partial charge is 0.307 e. The van der Waals surface area contributed by atoms with Gasteiger partial charge in [0.15, 0.2) is 0 Å². The first-order valence-electron chi connectivity index (χ1n) is 6.48. The molecular weight excluding hydrogens is 222 g/mol. The minimum atomic E-state index is 0.545. The number of fused-ring (bicyclic) bond motifs is 1. The number of hydrogen-bond donors (Lipinski definition) is 1. The molecule has 1 aliphatic carbocycles. The van der Waals surface area contributed by atoms with Crippen molar-refractivity contribution in [2.24, 2.45) is 0 Å². The van der Waals surface area contributed by atoms with Crippen LogP contribution in [0.25, 0.3) is 0 Å². The zero-order valence-electron chi connectivity index (χ0n) is 10.3. The van der Waals surface area contributed by atoms with Crippen LogP contribution >= 0.6 is 0 Å². The van der Waals surface area contributed by atoms with Gasteiger partial charge in [-0.25, -0.2) is 9.97 Å². The number of hydrogen-bond acceptors (Lipinski definition) is 3. The van der Waals surface area contributed by atoms with Crippen molar-refractivity contribution < 1.29 is 0 Å². The second-order valence-electron chi connectivity index (χ2n) is 4.75. The lowest BCUT2D eigenvalue weighted by Gasteiger charge is -2.25. The first-order valence-corrected chi connectivity index (χ1v) is 6.48. The van der Waals surface area contributed by atoms with Crippen molar-refractivity contribution in [3.8, 4) is 0 Å². The molecule has 3 heteroatoms. The Hall–Kier alpha value is -1.74. The van der Waals surface area contributed by atoms with Crippen LogP contribution in [0.2, 0.25) is 0 Å². The van der Waals surface area contributed by atoms with E-state index in [-0.39, 0.29) is 0 Å². The molecule has 0 amide bonds. The number of rotatable bonds is 3. The average molecular weight is 239 g/mol. The van der Waals surface area contributed by atoms with Crippen LogP contribution in [-0.2, 0) is 19.4 Å². The van der Waals surface area contributed by atoms with Crippen LogP contribution in [-0.4, -0.2) is 16.0 Å². The molecule has 0 spiro atoms. The highest BCUT2D eigenvalue weighted by Crippen LogP contribution is 2.21. The Bertz CT molecular complexity index is 510. The molecule has 0 radical (unpaired) electrons. The van der Waals surface area contributed by atoms with Gasteiger partial charge in [0.05, 0.1) is 6.54 Å². The van der Waals surface area contributed by atoms with E-state index in [0.717, 1.165) is 18.8 Å². The van der Waals surface area contributed by atoms with Gasteiger partial charge in [-0.1, -0.05) is 24.3 Å². The zero-order valence-corrected chi connectivity index (χ0v) is 10.3. The molecule has 1 aliphatic rings. The predicted molar refractivity (Wildman–Crippen MR) is 71.1 cm³/mol. The Kier molecular flexibility index (Phi) is 3.33. The number of aryl methyl sites for hydroxylation is 1. The fraction of sp³-hybridized carbons (Fsp3) is 0.333. The fourth-order valence-corrected chi connectivity index (χ4v) is 2.53. The lowest BCUT2D eigenvalue weighted by Crippen LogP contribution is -2.34. The van der Waals surface area contributed by atoms with Crippen molar-refractivity contribution >= 4 is 0 Å². The Balaban J connectivity index is 1.60. The third-order valence-corrected chi connectivity index (χ3v) is 3.51. The topological polar surface area (TPSA) is 37.8 Å². The summed E-state index contributed by atoms with van der Waals surface area (Å²) in [4.78, 5) is 8.47.